The van der Waals surface area contributed by atoms with Gasteiger partial charge in [0.25, 0.3) is 0 Å². The number of nitrogens with zero attached hydrogens (tertiary/aromatic N) is 1. The van der Waals surface area contributed by atoms with Crippen LogP contribution in [0.3, 0.4) is 0 Å². The van der Waals surface area contributed by atoms with Crippen LogP contribution >= 0.6 is 0 Å². The predicted octanol–water partition coefficient (Wildman–Crippen LogP) is 2.20. The molecule has 2 atom stereocenters. The number of rotatable bonds is 8. The molecule has 0 amide bonds. The van der Waals surface area contributed by atoms with E-state index in [2.05, 4.69) is 24.1 Å². The van der Waals surface area contributed by atoms with E-state index in [9.17, 15) is 5.11 Å². The van der Waals surface area contributed by atoms with Crippen LogP contribution in [0.25, 0.3) is 0 Å². The van der Waals surface area contributed by atoms with Crippen LogP contribution in [0, 0.1) is 0 Å². The molecule has 0 aliphatic carbocycles. The zero-order valence-electron chi connectivity index (χ0n) is 14.5. The quantitative estimate of drug-likeness (QED) is 0.719. The molecule has 130 valence electrons. The molecule has 1 aliphatic heterocycles. The van der Waals surface area contributed by atoms with Crippen molar-refractivity contribution in [1.82, 2.24) is 10.2 Å². The minimum absolute atomic E-state index is 0.000943. The van der Waals surface area contributed by atoms with Gasteiger partial charge in [-0.15, -0.1) is 0 Å². The molecule has 0 bridgehead atoms. The first kappa shape index (κ1) is 18.0. The summed E-state index contributed by atoms with van der Waals surface area (Å²) in [6.45, 7) is 7.93. The standard InChI is InChI=1S/C18H30N2O3/c1-4-5-10-23-18-11-15(6-7-17(18)22-3)16(13-21)20-9-8-19-14(2)12-20/h6-7,11,14,16,19,21H,4-5,8-10,12-13H2,1-3H3. The molecule has 2 rings (SSSR count). The molecule has 1 saturated heterocycles. The van der Waals surface area contributed by atoms with Gasteiger partial charge in [-0.1, -0.05) is 19.4 Å². The van der Waals surface area contributed by atoms with Gasteiger partial charge in [0.2, 0.25) is 0 Å². The van der Waals surface area contributed by atoms with Gasteiger partial charge in [-0.05, 0) is 31.0 Å². The zero-order valence-corrected chi connectivity index (χ0v) is 14.5. The highest BCUT2D eigenvalue weighted by Gasteiger charge is 2.25. The van der Waals surface area contributed by atoms with E-state index >= 15 is 0 Å². The van der Waals surface area contributed by atoms with Crippen molar-refractivity contribution in [3.05, 3.63) is 23.8 Å². The molecular formula is C18H30N2O3. The highest BCUT2D eigenvalue weighted by atomic mass is 16.5. The van der Waals surface area contributed by atoms with Gasteiger partial charge < -0.3 is 19.9 Å². The molecule has 2 N–H and O–H groups in total. The van der Waals surface area contributed by atoms with Crippen LogP contribution in [-0.4, -0.2) is 56.0 Å². The summed E-state index contributed by atoms with van der Waals surface area (Å²) < 4.78 is 11.3. The van der Waals surface area contributed by atoms with Crippen LogP contribution in [0.2, 0.25) is 0 Å². The maximum atomic E-state index is 9.92. The fourth-order valence-electron chi connectivity index (χ4n) is 3.02. The van der Waals surface area contributed by atoms with Crippen molar-refractivity contribution >= 4 is 0 Å². The van der Waals surface area contributed by atoms with Crippen LogP contribution in [0.1, 0.15) is 38.3 Å². The average Bonchev–Trinajstić information content (AvgIpc) is 2.56. The Labute approximate surface area is 139 Å². The number of nitrogens with one attached hydrogen (secondary N) is 1. The number of benzene rings is 1. The van der Waals surface area contributed by atoms with Crippen LogP contribution in [0.15, 0.2) is 18.2 Å². The Balaban J connectivity index is 2.17. The number of piperazine rings is 1. The van der Waals surface area contributed by atoms with E-state index < -0.39 is 0 Å². The molecule has 1 aromatic rings. The molecular weight excluding hydrogens is 292 g/mol. The number of aliphatic hydroxyl groups is 1. The molecule has 5 nitrogen and oxygen atoms in total. The fraction of sp³-hybridized carbons (Fsp3) is 0.667. The van der Waals surface area contributed by atoms with E-state index in [1.807, 2.05) is 18.2 Å². The second kappa shape index (κ2) is 9.11. The highest BCUT2D eigenvalue weighted by molar-refractivity contribution is 5.44. The fourth-order valence-corrected chi connectivity index (χ4v) is 3.02. The highest BCUT2D eigenvalue weighted by Crippen LogP contribution is 2.32. The molecule has 1 heterocycles. The summed E-state index contributed by atoms with van der Waals surface area (Å²) in [7, 11) is 1.66. The summed E-state index contributed by atoms with van der Waals surface area (Å²) in [5, 5.41) is 13.4. The lowest BCUT2D eigenvalue weighted by molar-refractivity contribution is 0.0960. The van der Waals surface area contributed by atoms with Gasteiger partial charge >= 0.3 is 0 Å². The number of aliphatic hydroxyl groups excluding tert-OH is 1. The van der Waals surface area contributed by atoms with Crippen LogP contribution in [0.5, 0.6) is 11.5 Å². The molecule has 23 heavy (non-hydrogen) atoms. The van der Waals surface area contributed by atoms with E-state index in [1.165, 1.54) is 0 Å². The lowest BCUT2D eigenvalue weighted by Gasteiger charge is -2.37. The first-order chi connectivity index (χ1) is 11.2. The summed E-state index contributed by atoms with van der Waals surface area (Å²) >= 11 is 0. The Morgan fingerprint density at radius 2 is 2.22 bits per heavy atom. The third-order valence-electron chi connectivity index (χ3n) is 4.34. The molecule has 0 radical (unpaired) electrons. The van der Waals surface area contributed by atoms with Gasteiger partial charge in [0, 0.05) is 25.7 Å². The maximum absolute atomic E-state index is 9.92. The zero-order chi connectivity index (χ0) is 16.7. The molecule has 0 aromatic heterocycles. The second-order valence-electron chi connectivity index (χ2n) is 6.16. The SMILES string of the molecule is CCCCOc1cc(C(CO)N2CCNC(C)C2)ccc1OC. The Kier molecular flexibility index (Phi) is 7.15. The van der Waals surface area contributed by atoms with Crippen molar-refractivity contribution < 1.29 is 14.6 Å². The van der Waals surface area contributed by atoms with Crippen LogP contribution in [0.4, 0.5) is 0 Å². The lowest BCUT2D eigenvalue weighted by atomic mass is 10.0. The van der Waals surface area contributed by atoms with Gasteiger partial charge in [0.05, 0.1) is 26.4 Å². The third kappa shape index (κ3) is 4.83. The molecule has 1 aromatic carbocycles. The summed E-state index contributed by atoms with van der Waals surface area (Å²) in [5.74, 6) is 1.51. The van der Waals surface area contributed by atoms with Crippen molar-refractivity contribution in [1.29, 1.82) is 0 Å². The van der Waals surface area contributed by atoms with Gasteiger partial charge in [-0.3, -0.25) is 4.90 Å². The molecule has 0 spiro atoms. The second-order valence-corrected chi connectivity index (χ2v) is 6.16. The Morgan fingerprint density at radius 1 is 1.39 bits per heavy atom. The van der Waals surface area contributed by atoms with Crippen molar-refractivity contribution in [3.63, 3.8) is 0 Å². The number of unbranched alkanes of at least 4 members (excludes halogenated alkanes) is 1. The average molecular weight is 322 g/mol. The number of ether oxygens (including phenoxy) is 2. The predicted molar refractivity (Wildman–Crippen MR) is 92.3 cm³/mol. The van der Waals surface area contributed by atoms with Crippen LogP contribution < -0.4 is 14.8 Å². The van der Waals surface area contributed by atoms with Crippen molar-refractivity contribution in [3.8, 4) is 11.5 Å². The van der Waals surface area contributed by atoms with E-state index in [4.69, 9.17) is 9.47 Å². The summed E-state index contributed by atoms with van der Waals surface area (Å²) in [6, 6.07) is 6.42. The topological polar surface area (TPSA) is 54.0 Å². The molecule has 0 saturated carbocycles. The lowest BCUT2D eigenvalue weighted by Crippen LogP contribution is -2.50. The van der Waals surface area contributed by atoms with Gasteiger partial charge in [0.1, 0.15) is 0 Å². The smallest absolute Gasteiger partial charge is 0.161 e. The minimum Gasteiger partial charge on any atom is -0.493 e. The van der Waals surface area contributed by atoms with E-state index in [0.717, 1.165) is 49.5 Å². The molecule has 1 aliphatic rings. The summed E-state index contributed by atoms with van der Waals surface area (Å²) in [5.41, 5.74) is 1.08. The van der Waals surface area contributed by atoms with Gasteiger partial charge in [-0.25, -0.2) is 0 Å². The van der Waals surface area contributed by atoms with Crippen LogP contribution in [-0.2, 0) is 0 Å². The van der Waals surface area contributed by atoms with E-state index in [1.54, 1.807) is 7.11 Å². The maximum Gasteiger partial charge on any atom is 0.161 e. The summed E-state index contributed by atoms with van der Waals surface area (Å²) in [6.07, 6.45) is 2.12. The number of hydrogen-bond acceptors (Lipinski definition) is 5. The third-order valence-corrected chi connectivity index (χ3v) is 4.34. The van der Waals surface area contributed by atoms with Crippen molar-refractivity contribution in [2.75, 3.05) is 40.0 Å². The summed E-state index contributed by atoms with van der Waals surface area (Å²) in [4.78, 5) is 2.33. The van der Waals surface area contributed by atoms with E-state index in [0.29, 0.717) is 12.6 Å². The molecule has 2 unspecified atom stereocenters. The Hall–Kier alpha value is -1.30. The number of methoxy groups -OCH3 is 1. The first-order valence-electron chi connectivity index (χ1n) is 8.58. The number of hydrogen-bond donors (Lipinski definition) is 2. The molecule has 1 fully saturated rings. The normalized spacial score (nSPS) is 20.3. The largest absolute Gasteiger partial charge is 0.493 e. The van der Waals surface area contributed by atoms with Crippen molar-refractivity contribution in [2.24, 2.45) is 0 Å². The Morgan fingerprint density at radius 3 is 2.87 bits per heavy atom. The Bertz CT molecular complexity index is 481. The van der Waals surface area contributed by atoms with Crippen molar-refractivity contribution in [2.45, 2.75) is 38.8 Å². The monoisotopic (exact) mass is 322 g/mol. The van der Waals surface area contributed by atoms with E-state index in [-0.39, 0.29) is 12.6 Å². The molecule has 5 heteroatoms. The van der Waals surface area contributed by atoms with Gasteiger partial charge in [-0.2, -0.15) is 0 Å². The minimum atomic E-state index is -0.000943. The van der Waals surface area contributed by atoms with Gasteiger partial charge in [0.15, 0.2) is 11.5 Å². The first-order valence-corrected chi connectivity index (χ1v) is 8.58.